The summed E-state index contributed by atoms with van der Waals surface area (Å²) in [6.45, 7) is 1.02. The molecule has 0 unspecified atom stereocenters. The van der Waals surface area contributed by atoms with E-state index < -0.39 is 5.79 Å². The summed E-state index contributed by atoms with van der Waals surface area (Å²) in [6.07, 6.45) is 3.15. The predicted molar refractivity (Wildman–Crippen MR) is 60.0 cm³/mol. The molecular formula is C13H12O4. The number of fused-ring (bicyclic) bond motifs is 2. The first-order chi connectivity index (χ1) is 8.27. The molecular weight excluding hydrogens is 220 g/mol. The van der Waals surface area contributed by atoms with Crippen molar-refractivity contribution in [3.63, 3.8) is 0 Å². The van der Waals surface area contributed by atoms with E-state index in [1.807, 2.05) is 0 Å². The van der Waals surface area contributed by atoms with Crippen LogP contribution < -0.4 is 4.74 Å². The molecule has 0 aromatic heterocycles. The van der Waals surface area contributed by atoms with Crippen molar-refractivity contribution >= 4 is 5.78 Å². The maximum atomic E-state index is 11.8. The Morgan fingerprint density at radius 1 is 1.29 bits per heavy atom. The van der Waals surface area contributed by atoms with Gasteiger partial charge in [0, 0.05) is 5.56 Å². The molecule has 0 radical (unpaired) electrons. The highest BCUT2D eigenvalue weighted by molar-refractivity contribution is 6.07. The number of benzene rings is 1. The summed E-state index contributed by atoms with van der Waals surface area (Å²) in [5, 5.41) is 0. The minimum Gasteiger partial charge on any atom is -0.496 e. The lowest BCUT2D eigenvalue weighted by molar-refractivity contribution is -0.125. The Labute approximate surface area is 98.8 Å². The topological polar surface area (TPSA) is 44.8 Å². The van der Waals surface area contributed by atoms with E-state index in [4.69, 9.17) is 14.2 Å². The molecule has 1 aliphatic heterocycles. The number of hydrogen-bond donors (Lipinski definition) is 0. The molecule has 1 aromatic carbocycles. The van der Waals surface area contributed by atoms with Crippen molar-refractivity contribution in [3.05, 3.63) is 41.5 Å². The van der Waals surface area contributed by atoms with E-state index in [0.717, 1.165) is 0 Å². The van der Waals surface area contributed by atoms with Gasteiger partial charge in [-0.1, -0.05) is 12.1 Å². The van der Waals surface area contributed by atoms with Gasteiger partial charge < -0.3 is 14.2 Å². The Morgan fingerprint density at radius 2 is 2.06 bits per heavy atom. The van der Waals surface area contributed by atoms with Crippen LogP contribution in [0.3, 0.4) is 0 Å². The number of methoxy groups -OCH3 is 1. The molecule has 2 aliphatic rings. The van der Waals surface area contributed by atoms with Crippen molar-refractivity contribution in [1.82, 2.24) is 0 Å². The second-order valence-corrected chi connectivity index (χ2v) is 3.94. The summed E-state index contributed by atoms with van der Waals surface area (Å²) < 4.78 is 16.6. The van der Waals surface area contributed by atoms with Gasteiger partial charge in [0.1, 0.15) is 5.75 Å². The van der Waals surface area contributed by atoms with Crippen LogP contribution in [0.4, 0.5) is 0 Å². The molecule has 17 heavy (non-hydrogen) atoms. The Morgan fingerprint density at radius 3 is 2.76 bits per heavy atom. The van der Waals surface area contributed by atoms with Crippen LogP contribution in [-0.4, -0.2) is 26.1 Å². The molecule has 1 fully saturated rings. The van der Waals surface area contributed by atoms with Crippen LogP contribution in [0.15, 0.2) is 30.4 Å². The standard InChI is InChI=1S/C13H12O4/c1-15-11-4-2-3-9-10(14)5-6-13(12(9)11)16-7-8-17-13/h2-6H,7-8H2,1H3. The number of rotatable bonds is 1. The molecule has 1 saturated heterocycles. The molecule has 4 heteroatoms. The number of carbonyl (C=O) groups excluding carboxylic acids is 1. The van der Waals surface area contributed by atoms with Crippen LogP contribution in [0.2, 0.25) is 0 Å². The van der Waals surface area contributed by atoms with Crippen LogP contribution in [0.5, 0.6) is 5.75 Å². The minimum atomic E-state index is -0.949. The third-order valence-electron chi connectivity index (χ3n) is 3.03. The van der Waals surface area contributed by atoms with Gasteiger partial charge >= 0.3 is 0 Å². The lowest BCUT2D eigenvalue weighted by Gasteiger charge is -2.30. The van der Waals surface area contributed by atoms with Crippen LogP contribution in [0.1, 0.15) is 15.9 Å². The smallest absolute Gasteiger partial charge is 0.220 e. The number of allylic oxidation sites excluding steroid dienone is 1. The molecule has 0 atom stereocenters. The van der Waals surface area contributed by atoms with Gasteiger partial charge in [0.2, 0.25) is 5.79 Å². The van der Waals surface area contributed by atoms with Gasteiger partial charge in [-0.25, -0.2) is 0 Å². The molecule has 0 N–H and O–H groups in total. The zero-order valence-corrected chi connectivity index (χ0v) is 9.43. The van der Waals surface area contributed by atoms with Crippen molar-refractivity contribution in [1.29, 1.82) is 0 Å². The van der Waals surface area contributed by atoms with Crippen molar-refractivity contribution < 1.29 is 19.0 Å². The molecule has 1 aromatic rings. The van der Waals surface area contributed by atoms with E-state index >= 15 is 0 Å². The van der Waals surface area contributed by atoms with Gasteiger partial charge in [0.25, 0.3) is 0 Å². The molecule has 1 aliphatic carbocycles. The monoisotopic (exact) mass is 232 g/mol. The lowest BCUT2D eigenvalue weighted by atomic mass is 9.90. The van der Waals surface area contributed by atoms with Crippen molar-refractivity contribution in [3.8, 4) is 5.75 Å². The second kappa shape index (κ2) is 3.68. The van der Waals surface area contributed by atoms with Crippen LogP contribution in [0.25, 0.3) is 0 Å². The number of ether oxygens (including phenoxy) is 3. The first kappa shape index (κ1) is 10.5. The Hall–Kier alpha value is -1.65. The largest absolute Gasteiger partial charge is 0.496 e. The van der Waals surface area contributed by atoms with Gasteiger partial charge in [-0.05, 0) is 18.2 Å². The number of hydrogen-bond acceptors (Lipinski definition) is 4. The van der Waals surface area contributed by atoms with Gasteiger partial charge in [0.15, 0.2) is 5.78 Å². The molecule has 0 saturated carbocycles. The summed E-state index contributed by atoms with van der Waals surface area (Å²) >= 11 is 0. The number of ketones is 1. The maximum Gasteiger partial charge on any atom is 0.220 e. The Balaban J connectivity index is 2.25. The van der Waals surface area contributed by atoms with Crippen molar-refractivity contribution in [2.45, 2.75) is 5.79 Å². The highest BCUT2D eigenvalue weighted by Crippen LogP contribution is 2.43. The summed E-state index contributed by atoms with van der Waals surface area (Å²) in [6, 6.07) is 5.35. The first-order valence-electron chi connectivity index (χ1n) is 5.46. The highest BCUT2D eigenvalue weighted by Gasteiger charge is 2.43. The third kappa shape index (κ3) is 1.41. The fraction of sp³-hybridized carbons (Fsp3) is 0.308. The molecule has 0 amide bonds. The van der Waals surface area contributed by atoms with Gasteiger partial charge in [-0.3, -0.25) is 4.79 Å². The van der Waals surface area contributed by atoms with E-state index in [1.54, 1.807) is 31.4 Å². The average molecular weight is 232 g/mol. The molecule has 1 spiro atoms. The predicted octanol–water partition coefficient (Wildman–Crippen LogP) is 1.65. The third-order valence-corrected chi connectivity index (χ3v) is 3.03. The minimum absolute atomic E-state index is 0.0522. The van der Waals surface area contributed by atoms with Gasteiger partial charge in [-0.2, -0.15) is 0 Å². The fourth-order valence-corrected chi connectivity index (χ4v) is 2.29. The average Bonchev–Trinajstić information content (AvgIpc) is 2.83. The van der Waals surface area contributed by atoms with Crippen LogP contribution in [-0.2, 0) is 15.3 Å². The second-order valence-electron chi connectivity index (χ2n) is 3.94. The normalized spacial score (nSPS) is 20.6. The summed E-state index contributed by atoms with van der Waals surface area (Å²) in [4.78, 5) is 11.8. The molecule has 4 nitrogen and oxygen atoms in total. The summed E-state index contributed by atoms with van der Waals surface area (Å²) in [5.41, 5.74) is 1.25. The fourth-order valence-electron chi connectivity index (χ4n) is 2.29. The Kier molecular flexibility index (Phi) is 2.28. The van der Waals surface area contributed by atoms with E-state index in [1.165, 1.54) is 6.08 Å². The first-order valence-corrected chi connectivity index (χ1v) is 5.46. The Bertz CT molecular complexity index is 498. The molecule has 1 heterocycles. The van der Waals surface area contributed by atoms with Crippen LogP contribution >= 0.6 is 0 Å². The quantitative estimate of drug-likeness (QED) is 0.738. The molecule has 88 valence electrons. The highest BCUT2D eigenvalue weighted by atomic mass is 16.7. The number of carbonyl (C=O) groups is 1. The van der Waals surface area contributed by atoms with Crippen molar-refractivity contribution in [2.24, 2.45) is 0 Å². The lowest BCUT2D eigenvalue weighted by Crippen LogP contribution is -2.30. The van der Waals surface area contributed by atoms with Crippen LogP contribution in [0, 0.1) is 0 Å². The van der Waals surface area contributed by atoms with E-state index in [0.29, 0.717) is 30.1 Å². The zero-order chi connectivity index (χ0) is 11.9. The van der Waals surface area contributed by atoms with Crippen molar-refractivity contribution in [2.75, 3.05) is 20.3 Å². The summed E-state index contributed by atoms with van der Waals surface area (Å²) in [5.74, 6) is -0.388. The molecule has 0 bridgehead atoms. The van der Waals surface area contributed by atoms with Gasteiger partial charge in [0.05, 0.1) is 25.9 Å². The molecule has 3 rings (SSSR count). The van der Waals surface area contributed by atoms with E-state index in [2.05, 4.69) is 0 Å². The van der Waals surface area contributed by atoms with E-state index in [-0.39, 0.29) is 5.78 Å². The van der Waals surface area contributed by atoms with Gasteiger partial charge in [-0.15, -0.1) is 0 Å². The SMILES string of the molecule is COc1cccc2c1C1(C=CC2=O)OCCO1. The van der Waals surface area contributed by atoms with E-state index in [9.17, 15) is 4.79 Å². The zero-order valence-electron chi connectivity index (χ0n) is 9.43. The summed E-state index contributed by atoms with van der Waals surface area (Å²) in [7, 11) is 1.57. The maximum absolute atomic E-state index is 11.8.